The van der Waals surface area contributed by atoms with E-state index in [2.05, 4.69) is 17.9 Å². The van der Waals surface area contributed by atoms with Crippen molar-refractivity contribution in [1.29, 1.82) is 0 Å². The summed E-state index contributed by atoms with van der Waals surface area (Å²) in [5, 5.41) is 0. The van der Waals surface area contributed by atoms with Gasteiger partial charge in [0.05, 0.1) is 12.0 Å². The second kappa shape index (κ2) is 6.76. The molecule has 0 saturated heterocycles. The predicted octanol–water partition coefficient (Wildman–Crippen LogP) is 2.35. The molecule has 0 unspecified atom stereocenters. The van der Waals surface area contributed by atoms with Crippen molar-refractivity contribution in [3.05, 3.63) is 47.2 Å². The van der Waals surface area contributed by atoms with Crippen molar-refractivity contribution in [2.45, 2.75) is 0 Å². The zero-order valence-corrected chi connectivity index (χ0v) is 11.0. The quantitative estimate of drug-likeness (QED) is 0.586. The SMILES string of the molecule is C=CCN(CC=C)C(=O)c1ccc(C(=O)OC)s1. The third kappa shape index (κ3) is 3.30. The number of rotatable bonds is 6. The smallest absolute Gasteiger partial charge is 0.348 e. The molecule has 0 bridgehead atoms. The average molecular weight is 265 g/mol. The van der Waals surface area contributed by atoms with Gasteiger partial charge in [-0.1, -0.05) is 12.2 Å². The van der Waals surface area contributed by atoms with E-state index in [1.165, 1.54) is 7.11 Å². The van der Waals surface area contributed by atoms with Crippen molar-refractivity contribution >= 4 is 23.2 Å². The Kier molecular flexibility index (Phi) is 5.32. The Morgan fingerprint density at radius 2 is 1.83 bits per heavy atom. The molecule has 1 amide bonds. The number of hydrogen-bond acceptors (Lipinski definition) is 4. The van der Waals surface area contributed by atoms with E-state index in [0.717, 1.165) is 11.3 Å². The first-order valence-corrected chi connectivity index (χ1v) is 6.15. The molecule has 1 aromatic rings. The van der Waals surface area contributed by atoms with Crippen molar-refractivity contribution in [1.82, 2.24) is 4.90 Å². The second-order valence-electron chi connectivity index (χ2n) is 3.44. The third-order valence-corrected chi connectivity index (χ3v) is 3.24. The Hall–Kier alpha value is -1.88. The summed E-state index contributed by atoms with van der Waals surface area (Å²) in [4.78, 5) is 25.9. The van der Waals surface area contributed by atoms with E-state index < -0.39 is 5.97 Å². The van der Waals surface area contributed by atoms with Gasteiger partial charge in [0.1, 0.15) is 4.88 Å². The monoisotopic (exact) mass is 265 g/mol. The minimum absolute atomic E-state index is 0.144. The number of methoxy groups -OCH3 is 1. The minimum atomic E-state index is -0.432. The normalized spacial score (nSPS) is 9.61. The topological polar surface area (TPSA) is 46.6 Å². The molecule has 0 spiro atoms. The molecule has 1 heterocycles. The zero-order valence-electron chi connectivity index (χ0n) is 10.2. The fourth-order valence-electron chi connectivity index (χ4n) is 1.37. The van der Waals surface area contributed by atoms with Crippen LogP contribution in [0.25, 0.3) is 0 Å². The number of ether oxygens (including phenoxy) is 1. The lowest BCUT2D eigenvalue weighted by molar-refractivity contribution is 0.0606. The summed E-state index contributed by atoms with van der Waals surface area (Å²) in [6.07, 6.45) is 3.30. The molecule has 96 valence electrons. The molecule has 1 rings (SSSR count). The van der Waals surface area contributed by atoms with Gasteiger partial charge in [0.25, 0.3) is 5.91 Å². The lowest BCUT2D eigenvalue weighted by atomic mass is 10.3. The second-order valence-corrected chi connectivity index (χ2v) is 4.53. The maximum absolute atomic E-state index is 12.1. The van der Waals surface area contributed by atoms with Crippen molar-refractivity contribution in [3.63, 3.8) is 0 Å². The fraction of sp³-hybridized carbons (Fsp3) is 0.231. The molecular formula is C13H15NO3S. The van der Waals surface area contributed by atoms with Crippen LogP contribution in [0.5, 0.6) is 0 Å². The first-order chi connectivity index (χ1) is 8.63. The number of carbonyl (C=O) groups is 2. The maximum Gasteiger partial charge on any atom is 0.348 e. The number of carbonyl (C=O) groups excluding carboxylic acids is 2. The van der Waals surface area contributed by atoms with Crippen LogP contribution in [-0.4, -0.2) is 37.0 Å². The van der Waals surface area contributed by atoms with Gasteiger partial charge in [-0.2, -0.15) is 0 Å². The van der Waals surface area contributed by atoms with Crippen molar-refractivity contribution in [2.75, 3.05) is 20.2 Å². The number of amides is 1. The van der Waals surface area contributed by atoms with E-state index in [0.29, 0.717) is 22.8 Å². The maximum atomic E-state index is 12.1. The van der Waals surface area contributed by atoms with Crippen molar-refractivity contribution in [2.24, 2.45) is 0 Å². The lowest BCUT2D eigenvalue weighted by Gasteiger charge is -2.17. The summed E-state index contributed by atoms with van der Waals surface area (Å²) >= 11 is 1.12. The van der Waals surface area contributed by atoms with E-state index in [-0.39, 0.29) is 5.91 Å². The first-order valence-electron chi connectivity index (χ1n) is 5.33. The molecule has 0 radical (unpaired) electrons. The highest BCUT2D eigenvalue weighted by Crippen LogP contribution is 2.19. The first kappa shape index (κ1) is 14.2. The Morgan fingerprint density at radius 3 is 2.33 bits per heavy atom. The molecule has 0 N–H and O–H groups in total. The lowest BCUT2D eigenvalue weighted by Crippen LogP contribution is -2.30. The Bertz CT molecular complexity index is 455. The molecule has 0 aliphatic carbocycles. The summed E-state index contributed by atoms with van der Waals surface area (Å²) in [5.41, 5.74) is 0. The van der Waals surface area contributed by atoms with Crippen LogP contribution in [0.2, 0.25) is 0 Å². The van der Waals surface area contributed by atoms with E-state index >= 15 is 0 Å². The Morgan fingerprint density at radius 1 is 1.28 bits per heavy atom. The summed E-state index contributed by atoms with van der Waals surface area (Å²) in [7, 11) is 1.31. The van der Waals surface area contributed by atoms with Crippen LogP contribution in [0.3, 0.4) is 0 Å². The molecule has 18 heavy (non-hydrogen) atoms. The van der Waals surface area contributed by atoms with E-state index in [4.69, 9.17) is 0 Å². The van der Waals surface area contributed by atoms with Crippen LogP contribution in [0, 0.1) is 0 Å². The summed E-state index contributed by atoms with van der Waals surface area (Å²) < 4.78 is 4.60. The molecule has 0 aliphatic heterocycles. The molecule has 5 heteroatoms. The van der Waals surface area contributed by atoms with Gasteiger partial charge < -0.3 is 9.64 Å². The number of esters is 1. The Labute approximate surface area is 110 Å². The van der Waals surface area contributed by atoms with Gasteiger partial charge in [-0.15, -0.1) is 24.5 Å². The van der Waals surface area contributed by atoms with Crippen LogP contribution >= 0.6 is 11.3 Å². The average Bonchev–Trinajstić information content (AvgIpc) is 2.86. The molecule has 0 fully saturated rings. The van der Waals surface area contributed by atoms with Crippen LogP contribution < -0.4 is 0 Å². The van der Waals surface area contributed by atoms with Gasteiger partial charge in [0, 0.05) is 13.1 Å². The standard InChI is InChI=1S/C13H15NO3S/c1-4-8-14(9-5-2)12(15)10-6-7-11(18-10)13(16)17-3/h4-7H,1-2,8-9H2,3H3. The summed E-state index contributed by atoms with van der Waals surface area (Å²) in [6.45, 7) is 8.09. The van der Waals surface area contributed by atoms with Crippen LogP contribution in [0.4, 0.5) is 0 Å². The molecular weight excluding hydrogens is 250 g/mol. The largest absolute Gasteiger partial charge is 0.465 e. The van der Waals surface area contributed by atoms with Gasteiger partial charge >= 0.3 is 5.97 Å². The number of nitrogens with zero attached hydrogens (tertiary/aromatic N) is 1. The highest BCUT2D eigenvalue weighted by Gasteiger charge is 2.18. The van der Waals surface area contributed by atoms with Crippen LogP contribution in [0.1, 0.15) is 19.3 Å². The molecule has 1 aromatic heterocycles. The number of hydrogen-bond donors (Lipinski definition) is 0. The summed E-state index contributed by atoms with van der Waals surface area (Å²) in [5.74, 6) is -0.576. The van der Waals surface area contributed by atoms with Gasteiger partial charge in [-0.3, -0.25) is 4.79 Å². The fourth-order valence-corrected chi connectivity index (χ4v) is 2.26. The number of thiophene rings is 1. The van der Waals surface area contributed by atoms with Crippen molar-refractivity contribution < 1.29 is 14.3 Å². The van der Waals surface area contributed by atoms with E-state index in [1.54, 1.807) is 29.2 Å². The van der Waals surface area contributed by atoms with Gasteiger partial charge in [-0.05, 0) is 12.1 Å². The van der Waals surface area contributed by atoms with Gasteiger partial charge in [-0.25, -0.2) is 4.79 Å². The van der Waals surface area contributed by atoms with Crippen molar-refractivity contribution in [3.8, 4) is 0 Å². The Balaban J connectivity index is 2.87. The highest BCUT2D eigenvalue weighted by molar-refractivity contribution is 7.15. The molecule has 0 aromatic carbocycles. The van der Waals surface area contributed by atoms with E-state index in [9.17, 15) is 9.59 Å². The zero-order chi connectivity index (χ0) is 13.5. The molecule has 4 nitrogen and oxygen atoms in total. The van der Waals surface area contributed by atoms with E-state index in [1.807, 2.05) is 0 Å². The third-order valence-electron chi connectivity index (χ3n) is 2.19. The highest BCUT2D eigenvalue weighted by atomic mass is 32.1. The molecule has 0 atom stereocenters. The van der Waals surface area contributed by atoms with Gasteiger partial charge in [0.2, 0.25) is 0 Å². The minimum Gasteiger partial charge on any atom is -0.465 e. The van der Waals surface area contributed by atoms with Crippen LogP contribution in [0.15, 0.2) is 37.4 Å². The molecule has 0 aliphatic rings. The summed E-state index contributed by atoms with van der Waals surface area (Å²) in [6, 6.07) is 3.21. The van der Waals surface area contributed by atoms with Crippen LogP contribution in [-0.2, 0) is 4.74 Å². The van der Waals surface area contributed by atoms with Gasteiger partial charge in [0.15, 0.2) is 0 Å². The predicted molar refractivity (Wildman–Crippen MR) is 72.0 cm³/mol. The molecule has 0 saturated carbocycles.